The summed E-state index contributed by atoms with van der Waals surface area (Å²) < 4.78 is 0. The number of carbonyl (C=O) groups excluding carboxylic acids is 1. The molecular weight excluding hydrogens is 230 g/mol. The molecule has 1 saturated heterocycles. The molecule has 0 radical (unpaired) electrons. The molecule has 0 aromatic carbocycles. The van der Waals surface area contributed by atoms with Crippen LogP contribution in [-0.2, 0) is 4.79 Å². The molecule has 0 aromatic rings. The van der Waals surface area contributed by atoms with Gasteiger partial charge in [-0.1, -0.05) is 15.9 Å². The average molecular weight is 246 g/mol. The lowest BCUT2D eigenvalue weighted by Gasteiger charge is -2.19. The Morgan fingerprint density at radius 3 is 2.62 bits per heavy atom. The number of nitrogens with zero attached hydrogens (tertiary/aromatic N) is 1. The maximum absolute atomic E-state index is 11.7. The summed E-state index contributed by atoms with van der Waals surface area (Å²) in [6.45, 7) is 1.95. The number of rotatable bonds is 1. The largest absolute Gasteiger partial charge is 0.342 e. The second-order valence-corrected chi connectivity index (χ2v) is 5.42. The highest BCUT2D eigenvalue weighted by Gasteiger charge is 2.33. The molecule has 1 saturated carbocycles. The van der Waals surface area contributed by atoms with E-state index in [0.29, 0.717) is 16.7 Å². The van der Waals surface area contributed by atoms with Crippen LogP contribution in [-0.4, -0.2) is 28.7 Å². The van der Waals surface area contributed by atoms with Gasteiger partial charge in [0.05, 0.1) is 0 Å². The first kappa shape index (κ1) is 9.50. The standard InChI is InChI=1S/C10H16BrNO/c11-9-2-1-6-12(7-5-9)10(13)8-3-4-8/h8-9H,1-7H2. The Labute approximate surface area is 87.8 Å². The van der Waals surface area contributed by atoms with E-state index in [-0.39, 0.29) is 0 Å². The number of alkyl halides is 1. The van der Waals surface area contributed by atoms with Crippen molar-refractivity contribution in [1.82, 2.24) is 4.90 Å². The molecule has 1 heterocycles. The summed E-state index contributed by atoms with van der Waals surface area (Å²) in [4.78, 5) is 14.4. The number of halogens is 1. The minimum atomic E-state index is 0.395. The highest BCUT2D eigenvalue weighted by molar-refractivity contribution is 9.09. The molecule has 0 aromatic heterocycles. The van der Waals surface area contributed by atoms with Crippen LogP contribution in [0.2, 0.25) is 0 Å². The minimum absolute atomic E-state index is 0.395. The quantitative estimate of drug-likeness (QED) is 0.649. The van der Waals surface area contributed by atoms with Gasteiger partial charge in [-0.3, -0.25) is 4.79 Å². The predicted octanol–water partition coefficient (Wildman–Crippen LogP) is 2.17. The van der Waals surface area contributed by atoms with E-state index in [0.717, 1.165) is 38.8 Å². The van der Waals surface area contributed by atoms with Crippen LogP contribution in [0, 0.1) is 5.92 Å². The molecule has 2 aliphatic rings. The first-order valence-corrected chi connectivity index (χ1v) is 6.12. The molecule has 0 spiro atoms. The zero-order valence-corrected chi connectivity index (χ0v) is 9.42. The van der Waals surface area contributed by atoms with Crippen molar-refractivity contribution in [2.24, 2.45) is 5.92 Å². The lowest BCUT2D eigenvalue weighted by molar-refractivity contribution is -0.132. The maximum atomic E-state index is 11.7. The van der Waals surface area contributed by atoms with Gasteiger partial charge in [-0.2, -0.15) is 0 Å². The van der Waals surface area contributed by atoms with Gasteiger partial charge in [0, 0.05) is 23.8 Å². The second-order valence-electron chi connectivity index (χ2n) is 4.13. The maximum Gasteiger partial charge on any atom is 0.225 e. The van der Waals surface area contributed by atoms with Crippen LogP contribution >= 0.6 is 15.9 Å². The molecule has 0 N–H and O–H groups in total. The third kappa shape index (κ3) is 2.46. The van der Waals surface area contributed by atoms with Crippen molar-refractivity contribution in [3.63, 3.8) is 0 Å². The topological polar surface area (TPSA) is 20.3 Å². The zero-order chi connectivity index (χ0) is 9.26. The van der Waals surface area contributed by atoms with Crippen LogP contribution < -0.4 is 0 Å². The molecule has 1 aliphatic carbocycles. The Kier molecular flexibility index (Phi) is 2.92. The lowest BCUT2D eigenvalue weighted by atomic mass is 10.2. The fourth-order valence-corrected chi connectivity index (χ4v) is 2.39. The Morgan fingerprint density at radius 1 is 1.15 bits per heavy atom. The van der Waals surface area contributed by atoms with Gasteiger partial charge in [0.1, 0.15) is 0 Å². The van der Waals surface area contributed by atoms with E-state index in [2.05, 4.69) is 20.8 Å². The Bertz CT molecular complexity index is 203. The molecule has 1 unspecified atom stereocenters. The van der Waals surface area contributed by atoms with Crippen LogP contribution in [0.15, 0.2) is 0 Å². The average Bonchev–Trinajstić information content (AvgIpc) is 2.89. The van der Waals surface area contributed by atoms with Crippen molar-refractivity contribution in [3.8, 4) is 0 Å². The highest BCUT2D eigenvalue weighted by atomic mass is 79.9. The summed E-state index contributed by atoms with van der Waals surface area (Å²) in [5.41, 5.74) is 0. The van der Waals surface area contributed by atoms with E-state index < -0.39 is 0 Å². The molecular formula is C10H16BrNO. The third-order valence-corrected chi connectivity index (χ3v) is 3.81. The number of hydrogen-bond acceptors (Lipinski definition) is 1. The first-order chi connectivity index (χ1) is 6.27. The molecule has 1 amide bonds. The molecule has 2 rings (SSSR count). The second kappa shape index (κ2) is 3.99. The SMILES string of the molecule is O=C(C1CC1)N1CCCC(Br)CC1. The fourth-order valence-electron chi connectivity index (χ4n) is 1.86. The normalized spacial score (nSPS) is 29.9. The Hall–Kier alpha value is -0.0500. The summed E-state index contributed by atoms with van der Waals surface area (Å²) in [5, 5.41) is 0. The first-order valence-electron chi connectivity index (χ1n) is 5.20. The van der Waals surface area contributed by atoms with E-state index in [9.17, 15) is 4.79 Å². The molecule has 2 fully saturated rings. The predicted molar refractivity (Wildman–Crippen MR) is 55.9 cm³/mol. The van der Waals surface area contributed by atoms with Crippen LogP contribution in [0.1, 0.15) is 32.1 Å². The number of amides is 1. The van der Waals surface area contributed by atoms with Crippen molar-refractivity contribution in [3.05, 3.63) is 0 Å². The zero-order valence-electron chi connectivity index (χ0n) is 7.84. The fraction of sp³-hybridized carbons (Fsp3) is 0.900. The van der Waals surface area contributed by atoms with Gasteiger partial charge in [0.25, 0.3) is 0 Å². The van der Waals surface area contributed by atoms with Crippen molar-refractivity contribution in [2.45, 2.75) is 36.9 Å². The van der Waals surface area contributed by atoms with Gasteiger partial charge in [-0.25, -0.2) is 0 Å². The van der Waals surface area contributed by atoms with Gasteiger partial charge in [-0.05, 0) is 32.1 Å². The molecule has 1 atom stereocenters. The summed E-state index contributed by atoms with van der Waals surface area (Å²) in [5.74, 6) is 0.813. The van der Waals surface area contributed by atoms with E-state index in [4.69, 9.17) is 0 Å². The number of likely N-dealkylation sites (tertiary alicyclic amines) is 1. The summed E-state index contributed by atoms with van der Waals surface area (Å²) in [6, 6.07) is 0. The minimum Gasteiger partial charge on any atom is -0.342 e. The van der Waals surface area contributed by atoms with Crippen LogP contribution in [0.5, 0.6) is 0 Å². The third-order valence-electron chi connectivity index (χ3n) is 2.90. The smallest absolute Gasteiger partial charge is 0.225 e. The number of carbonyl (C=O) groups is 1. The van der Waals surface area contributed by atoms with Gasteiger partial charge in [0.15, 0.2) is 0 Å². The van der Waals surface area contributed by atoms with Gasteiger partial charge in [-0.15, -0.1) is 0 Å². The van der Waals surface area contributed by atoms with E-state index in [1.54, 1.807) is 0 Å². The molecule has 1 aliphatic heterocycles. The van der Waals surface area contributed by atoms with E-state index >= 15 is 0 Å². The van der Waals surface area contributed by atoms with Gasteiger partial charge in [0.2, 0.25) is 5.91 Å². The Morgan fingerprint density at radius 2 is 1.92 bits per heavy atom. The van der Waals surface area contributed by atoms with Crippen molar-refractivity contribution in [1.29, 1.82) is 0 Å². The molecule has 74 valence electrons. The van der Waals surface area contributed by atoms with Gasteiger partial charge >= 0.3 is 0 Å². The van der Waals surface area contributed by atoms with Crippen LogP contribution in [0.25, 0.3) is 0 Å². The van der Waals surface area contributed by atoms with Crippen LogP contribution in [0.4, 0.5) is 0 Å². The van der Waals surface area contributed by atoms with Crippen molar-refractivity contribution >= 4 is 21.8 Å². The monoisotopic (exact) mass is 245 g/mol. The molecule has 13 heavy (non-hydrogen) atoms. The van der Waals surface area contributed by atoms with Gasteiger partial charge < -0.3 is 4.90 Å². The molecule has 0 bridgehead atoms. The highest BCUT2D eigenvalue weighted by Crippen LogP contribution is 2.32. The summed E-state index contributed by atoms with van der Waals surface area (Å²) in [6.07, 6.45) is 5.77. The van der Waals surface area contributed by atoms with E-state index in [1.165, 1.54) is 6.42 Å². The molecule has 2 nitrogen and oxygen atoms in total. The molecule has 3 heteroatoms. The van der Waals surface area contributed by atoms with Crippen molar-refractivity contribution < 1.29 is 4.79 Å². The Balaban J connectivity index is 1.87. The van der Waals surface area contributed by atoms with Crippen LogP contribution in [0.3, 0.4) is 0 Å². The van der Waals surface area contributed by atoms with E-state index in [1.807, 2.05) is 0 Å². The summed E-state index contributed by atoms with van der Waals surface area (Å²) >= 11 is 3.63. The lowest BCUT2D eigenvalue weighted by Crippen LogP contribution is -2.33. The summed E-state index contributed by atoms with van der Waals surface area (Å²) in [7, 11) is 0. The number of hydrogen-bond donors (Lipinski definition) is 0. The van der Waals surface area contributed by atoms with Crippen molar-refractivity contribution in [2.75, 3.05) is 13.1 Å².